The van der Waals surface area contributed by atoms with Crippen molar-refractivity contribution in [3.05, 3.63) is 77.4 Å². The summed E-state index contributed by atoms with van der Waals surface area (Å²) in [5, 5.41) is 12.6. The lowest BCUT2D eigenvalue weighted by Crippen LogP contribution is -2.25. The molecule has 1 aliphatic rings. The van der Waals surface area contributed by atoms with Gasteiger partial charge in [-0.3, -0.25) is 0 Å². The Balaban J connectivity index is 1.53. The number of halogens is 1. The van der Waals surface area contributed by atoms with Crippen molar-refractivity contribution in [2.45, 2.75) is 38.8 Å². The summed E-state index contributed by atoms with van der Waals surface area (Å²) >= 11 is 0. The quantitative estimate of drug-likeness (QED) is 0.629. The van der Waals surface area contributed by atoms with Gasteiger partial charge in [0, 0.05) is 13.1 Å². The molecule has 1 aliphatic heterocycles. The molecule has 0 amide bonds. The summed E-state index contributed by atoms with van der Waals surface area (Å²) in [5.74, 6) is 0.332. The van der Waals surface area contributed by atoms with Crippen LogP contribution in [0.25, 0.3) is 0 Å². The van der Waals surface area contributed by atoms with Crippen LogP contribution >= 0.6 is 0 Å². The number of rotatable bonds is 6. The van der Waals surface area contributed by atoms with E-state index >= 15 is 4.39 Å². The first kappa shape index (κ1) is 19.2. The van der Waals surface area contributed by atoms with Crippen molar-refractivity contribution in [2.24, 2.45) is 0 Å². The molecule has 0 bridgehead atoms. The molecule has 2 aromatic carbocycles. The van der Waals surface area contributed by atoms with Crippen LogP contribution in [0.1, 0.15) is 42.5 Å². The third kappa shape index (κ3) is 4.16. The molecular weight excluding hydrogens is 367 g/mol. The van der Waals surface area contributed by atoms with Crippen molar-refractivity contribution >= 4 is 11.6 Å². The van der Waals surface area contributed by atoms with E-state index in [9.17, 15) is 5.11 Å². The fourth-order valence-electron chi connectivity index (χ4n) is 3.83. The van der Waals surface area contributed by atoms with Gasteiger partial charge >= 0.3 is 0 Å². The maximum absolute atomic E-state index is 15.2. The smallest absolute Gasteiger partial charge is 0.207 e. The average molecular weight is 392 g/mol. The van der Waals surface area contributed by atoms with Crippen LogP contribution in [0.5, 0.6) is 5.75 Å². The number of anilines is 2. The zero-order valence-electron chi connectivity index (χ0n) is 16.5. The molecule has 5 nitrogen and oxygen atoms in total. The van der Waals surface area contributed by atoms with Crippen LogP contribution in [0.15, 0.2) is 54.9 Å². The maximum Gasteiger partial charge on any atom is 0.207 e. The van der Waals surface area contributed by atoms with Gasteiger partial charge in [0.2, 0.25) is 5.82 Å². The number of phenols is 1. The van der Waals surface area contributed by atoms with Gasteiger partial charge in [-0.05, 0) is 48.1 Å². The van der Waals surface area contributed by atoms with E-state index in [0.29, 0.717) is 12.4 Å². The molecule has 1 atom stereocenters. The van der Waals surface area contributed by atoms with Gasteiger partial charge in [-0.15, -0.1) is 0 Å². The molecule has 1 fully saturated rings. The van der Waals surface area contributed by atoms with Crippen LogP contribution in [0.3, 0.4) is 0 Å². The molecule has 0 saturated carbocycles. The van der Waals surface area contributed by atoms with Gasteiger partial charge in [0.05, 0.1) is 6.04 Å². The summed E-state index contributed by atoms with van der Waals surface area (Å²) in [5.41, 5.74) is 3.40. The van der Waals surface area contributed by atoms with Crippen LogP contribution in [-0.2, 0) is 13.0 Å². The highest BCUT2D eigenvalue weighted by atomic mass is 19.1. The van der Waals surface area contributed by atoms with Crippen LogP contribution in [0.2, 0.25) is 0 Å². The molecule has 0 aliphatic carbocycles. The van der Waals surface area contributed by atoms with E-state index < -0.39 is 5.82 Å². The molecule has 0 spiro atoms. The highest BCUT2D eigenvalue weighted by Gasteiger charge is 2.30. The lowest BCUT2D eigenvalue weighted by molar-refractivity contribution is 0.474. The maximum atomic E-state index is 15.2. The summed E-state index contributed by atoms with van der Waals surface area (Å²) in [4.78, 5) is 10.3. The Morgan fingerprint density at radius 1 is 1.07 bits per heavy atom. The number of benzene rings is 2. The number of aryl methyl sites for hydroxylation is 1. The predicted octanol–water partition coefficient (Wildman–Crippen LogP) is 4.84. The normalized spacial score (nSPS) is 16.2. The second-order valence-corrected chi connectivity index (χ2v) is 7.33. The van der Waals surface area contributed by atoms with E-state index in [1.54, 1.807) is 12.1 Å². The lowest BCUT2D eigenvalue weighted by atomic mass is 10.0. The summed E-state index contributed by atoms with van der Waals surface area (Å²) in [7, 11) is 0. The summed E-state index contributed by atoms with van der Waals surface area (Å²) in [6, 6.07) is 15.4. The number of hydrogen-bond acceptors (Lipinski definition) is 5. The fraction of sp³-hybridized carbons (Fsp3) is 0.304. The first-order valence-electron chi connectivity index (χ1n) is 10.0. The van der Waals surface area contributed by atoms with Gasteiger partial charge in [0.25, 0.3) is 0 Å². The number of aromatic hydroxyl groups is 1. The minimum Gasteiger partial charge on any atom is -0.508 e. The van der Waals surface area contributed by atoms with Gasteiger partial charge in [-0.1, -0.05) is 43.3 Å². The molecule has 1 aromatic heterocycles. The largest absolute Gasteiger partial charge is 0.508 e. The number of phenolic OH excluding ortho intramolecular Hbond substituents is 1. The van der Waals surface area contributed by atoms with Crippen LogP contribution in [-0.4, -0.2) is 21.6 Å². The van der Waals surface area contributed by atoms with Crippen molar-refractivity contribution in [3.8, 4) is 5.75 Å². The SMILES string of the molecule is CCc1ccc(CNc2ncnc(N3CCCC3c3ccc(O)cc3)c2F)cc1. The molecule has 150 valence electrons. The third-order valence-corrected chi connectivity index (χ3v) is 5.46. The van der Waals surface area contributed by atoms with E-state index in [4.69, 9.17) is 0 Å². The van der Waals surface area contributed by atoms with E-state index in [1.165, 1.54) is 11.9 Å². The van der Waals surface area contributed by atoms with Gasteiger partial charge in [0.1, 0.15) is 12.1 Å². The van der Waals surface area contributed by atoms with Crippen molar-refractivity contribution in [1.29, 1.82) is 0 Å². The molecule has 29 heavy (non-hydrogen) atoms. The zero-order chi connectivity index (χ0) is 20.2. The Kier molecular flexibility index (Phi) is 5.60. The second kappa shape index (κ2) is 8.47. The van der Waals surface area contributed by atoms with Gasteiger partial charge in [-0.25, -0.2) is 9.97 Å². The Morgan fingerprint density at radius 3 is 2.52 bits per heavy atom. The second-order valence-electron chi connectivity index (χ2n) is 7.33. The number of nitrogens with one attached hydrogen (secondary N) is 1. The molecular formula is C23H25FN4O. The Hall–Kier alpha value is -3.15. The molecule has 2 N–H and O–H groups in total. The monoisotopic (exact) mass is 392 g/mol. The molecule has 1 saturated heterocycles. The van der Waals surface area contributed by atoms with Crippen molar-refractivity contribution in [3.63, 3.8) is 0 Å². The summed E-state index contributed by atoms with van der Waals surface area (Å²) in [6.07, 6.45) is 4.28. The van der Waals surface area contributed by atoms with E-state index in [1.807, 2.05) is 29.2 Å². The van der Waals surface area contributed by atoms with Gasteiger partial charge in [-0.2, -0.15) is 4.39 Å². The van der Waals surface area contributed by atoms with E-state index in [0.717, 1.165) is 36.9 Å². The minimum atomic E-state index is -0.427. The Morgan fingerprint density at radius 2 is 1.79 bits per heavy atom. The van der Waals surface area contributed by atoms with Crippen LogP contribution in [0, 0.1) is 5.82 Å². The predicted molar refractivity (Wildman–Crippen MR) is 113 cm³/mol. The molecule has 2 heterocycles. The van der Waals surface area contributed by atoms with E-state index in [2.05, 4.69) is 34.3 Å². The van der Waals surface area contributed by atoms with Crippen molar-refractivity contribution in [1.82, 2.24) is 9.97 Å². The standard InChI is InChI=1S/C23H25FN4O/c1-2-16-5-7-17(8-6-16)14-25-22-21(24)23(27-15-26-22)28-13-3-4-20(28)18-9-11-19(29)12-10-18/h5-12,15,20,29H,2-4,13-14H2,1H3,(H,25,26,27). The highest BCUT2D eigenvalue weighted by Crippen LogP contribution is 2.37. The lowest BCUT2D eigenvalue weighted by Gasteiger charge is -2.26. The average Bonchev–Trinajstić information content (AvgIpc) is 3.23. The third-order valence-electron chi connectivity index (χ3n) is 5.46. The molecule has 0 radical (unpaired) electrons. The van der Waals surface area contributed by atoms with Crippen molar-refractivity contribution in [2.75, 3.05) is 16.8 Å². The fourth-order valence-corrected chi connectivity index (χ4v) is 3.83. The van der Waals surface area contributed by atoms with Crippen molar-refractivity contribution < 1.29 is 9.50 Å². The molecule has 4 rings (SSSR count). The Labute approximate surface area is 170 Å². The number of hydrogen-bond donors (Lipinski definition) is 2. The number of nitrogens with zero attached hydrogens (tertiary/aromatic N) is 3. The highest BCUT2D eigenvalue weighted by molar-refractivity contribution is 5.53. The first-order valence-corrected chi connectivity index (χ1v) is 10.0. The topological polar surface area (TPSA) is 61.3 Å². The van der Waals surface area contributed by atoms with Gasteiger partial charge < -0.3 is 15.3 Å². The molecule has 3 aromatic rings. The summed E-state index contributed by atoms with van der Waals surface area (Å²) < 4.78 is 15.2. The first-order chi connectivity index (χ1) is 14.2. The molecule has 6 heteroatoms. The van der Waals surface area contributed by atoms with Crippen LogP contribution in [0.4, 0.5) is 16.0 Å². The minimum absolute atomic E-state index is 0.0365. The summed E-state index contributed by atoms with van der Waals surface area (Å²) in [6.45, 7) is 3.35. The number of aromatic nitrogens is 2. The molecule has 1 unspecified atom stereocenters. The zero-order valence-corrected chi connectivity index (χ0v) is 16.5. The Bertz CT molecular complexity index is 960. The van der Waals surface area contributed by atoms with Gasteiger partial charge in [0.15, 0.2) is 11.6 Å². The van der Waals surface area contributed by atoms with E-state index in [-0.39, 0.29) is 17.6 Å². The van der Waals surface area contributed by atoms with Crippen LogP contribution < -0.4 is 10.2 Å².